The fraction of sp³-hybridized carbons (Fsp3) is 0.333. The lowest BCUT2D eigenvalue weighted by Crippen LogP contribution is -2.07. The number of aryl methyl sites for hydroxylation is 1. The number of nitrogen functional groups attached to an aromatic ring is 1. The van der Waals surface area contributed by atoms with Gasteiger partial charge in [-0.2, -0.15) is 0 Å². The molecule has 6 nitrogen and oxygen atoms in total. The predicted octanol–water partition coefficient (Wildman–Crippen LogP) is 1.44. The highest BCUT2D eigenvalue weighted by molar-refractivity contribution is 8.01. The van der Waals surface area contributed by atoms with Crippen LogP contribution < -0.4 is 10.6 Å². The molecule has 0 aromatic carbocycles. The van der Waals surface area contributed by atoms with Crippen LogP contribution in [0.15, 0.2) is 15.4 Å². The van der Waals surface area contributed by atoms with Crippen LogP contribution in [0.3, 0.4) is 0 Å². The maximum absolute atomic E-state index is 5.66. The van der Waals surface area contributed by atoms with Crippen molar-refractivity contribution in [3.05, 3.63) is 11.9 Å². The molecule has 0 atom stereocenters. The summed E-state index contributed by atoms with van der Waals surface area (Å²) in [7, 11) is 3.86. The molecule has 2 aromatic rings. The van der Waals surface area contributed by atoms with E-state index < -0.39 is 0 Å². The third kappa shape index (κ3) is 3.04. The van der Waals surface area contributed by atoms with E-state index in [0.717, 1.165) is 14.5 Å². The zero-order chi connectivity index (χ0) is 12.4. The molecule has 0 aliphatic carbocycles. The largest absolute Gasteiger partial charge is 0.384 e. The average molecular weight is 268 g/mol. The van der Waals surface area contributed by atoms with Crippen molar-refractivity contribution in [3.8, 4) is 0 Å². The number of hydrogen-bond acceptors (Lipinski definition) is 8. The number of nitrogens with zero attached hydrogens (tertiary/aromatic N) is 5. The fourth-order valence-corrected chi connectivity index (χ4v) is 2.90. The van der Waals surface area contributed by atoms with Crippen LogP contribution in [-0.4, -0.2) is 34.3 Å². The van der Waals surface area contributed by atoms with Crippen LogP contribution in [0.4, 0.5) is 10.9 Å². The Kier molecular flexibility index (Phi) is 3.43. The summed E-state index contributed by atoms with van der Waals surface area (Å²) in [5, 5.41) is 9.79. The van der Waals surface area contributed by atoms with Gasteiger partial charge in [0, 0.05) is 20.2 Å². The van der Waals surface area contributed by atoms with Gasteiger partial charge in [0.15, 0.2) is 4.34 Å². The molecule has 2 aromatic heterocycles. The first-order valence-corrected chi connectivity index (χ1v) is 6.48. The highest BCUT2D eigenvalue weighted by atomic mass is 32.2. The zero-order valence-corrected chi connectivity index (χ0v) is 11.3. The molecule has 2 N–H and O–H groups in total. The second-order valence-corrected chi connectivity index (χ2v) is 5.75. The lowest BCUT2D eigenvalue weighted by Gasteiger charge is -2.03. The topological polar surface area (TPSA) is 80.8 Å². The molecule has 0 aliphatic heterocycles. The minimum Gasteiger partial charge on any atom is -0.384 e. The van der Waals surface area contributed by atoms with E-state index in [-0.39, 0.29) is 0 Å². The summed E-state index contributed by atoms with van der Waals surface area (Å²) in [5.74, 6) is 1.13. The van der Waals surface area contributed by atoms with E-state index in [0.29, 0.717) is 11.6 Å². The van der Waals surface area contributed by atoms with Crippen LogP contribution in [0.2, 0.25) is 0 Å². The zero-order valence-electron chi connectivity index (χ0n) is 9.71. The first-order chi connectivity index (χ1) is 8.04. The van der Waals surface area contributed by atoms with Gasteiger partial charge in [-0.15, -0.1) is 10.2 Å². The number of rotatable bonds is 3. The second kappa shape index (κ2) is 4.84. The Morgan fingerprint density at radius 1 is 1.29 bits per heavy atom. The monoisotopic (exact) mass is 268 g/mol. The minimum atomic E-state index is 0.470. The van der Waals surface area contributed by atoms with Gasteiger partial charge in [-0.05, 0) is 18.7 Å². The Morgan fingerprint density at radius 3 is 2.65 bits per heavy atom. The third-order valence-corrected chi connectivity index (χ3v) is 3.86. The maximum Gasteiger partial charge on any atom is 0.208 e. The summed E-state index contributed by atoms with van der Waals surface area (Å²) in [6.45, 7) is 1.81. The maximum atomic E-state index is 5.66. The molecular formula is C9H12N6S2. The first-order valence-electron chi connectivity index (χ1n) is 4.84. The highest BCUT2D eigenvalue weighted by Gasteiger charge is 2.09. The Bertz CT molecular complexity index is 504. The van der Waals surface area contributed by atoms with E-state index in [2.05, 4.69) is 20.2 Å². The molecule has 17 heavy (non-hydrogen) atoms. The van der Waals surface area contributed by atoms with Crippen molar-refractivity contribution in [2.45, 2.75) is 16.3 Å². The summed E-state index contributed by atoms with van der Waals surface area (Å²) in [6.07, 6.45) is 0. The van der Waals surface area contributed by atoms with Crippen LogP contribution in [0.1, 0.15) is 5.82 Å². The Hall–Kier alpha value is -1.41. The quantitative estimate of drug-likeness (QED) is 0.843. The lowest BCUT2D eigenvalue weighted by molar-refractivity contribution is 0.956. The molecule has 2 heterocycles. The summed E-state index contributed by atoms with van der Waals surface area (Å²) < 4.78 is 0.839. The molecule has 0 bridgehead atoms. The Labute approximate surface area is 107 Å². The van der Waals surface area contributed by atoms with Crippen molar-refractivity contribution < 1.29 is 0 Å². The van der Waals surface area contributed by atoms with Gasteiger partial charge in [0.1, 0.15) is 16.7 Å². The highest BCUT2D eigenvalue weighted by Crippen LogP contribution is 2.31. The SMILES string of the molecule is Cc1nc(N)cc(Sc2nnc(N(C)C)s2)n1. The summed E-state index contributed by atoms with van der Waals surface area (Å²) in [4.78, 5) is 10.2. The van der Waals surface area contributed by atoms with Crippen molar-refractivity contribution in [1.29, 1.82) is 0 Å². The van der Waals surface area contributed by atoms with Gasteiger partial charge >= 0.3 is 0 Å². The average Bonchev–Trinajstić information content (AvgIpc) is 2.64. The number of hydrogen-bond donors (Lipinski definition) is 1. The van der Waals surface area contributed by atoms with Crippen LogP contribution in [0, 0.1) is 6.92 Å². The standard InChI is InChI=1S/C9H12N6S2/c1-5-11-6(10)4-7(12-5)16-9-14-13-8(17-9)15(2)3/h4H,1-3H3,(H2,10,11,12). The molecule has 2 rings (SSSR count). The molecular weight excluding hydrogens is 256 g/mol. The molecule has 0 fully saturated rings. The van der Waals surface area contributed by atoms with Gasteiger partial charge in [-0.3, -0.25) is 0 Å². The van der Waals surface area contributed by atoms with Crippen molar-refractivity contribution in [3.63, 3.8) is 0 Å². The molecule has 8 heteroatoms. The van der Waals surface area contributed by atoms with E-state index in [4.69, 9.17) is 5.73 Å². The van der Waals surface area contributed by atoms with E-state index >= 15 is 0 Å². The van der Waals surface area contributed by atoms with Crippen molar-refractivity contribution >= 4 is 34.0 Å². The van der Waals surface area contributed by atoms with E-state index in [1.807, 2.05) is 25.9 Å². The smallest absolute Gasteiger partial charge is 0.208 e. The molecule has 90 valence electrons. The Balaban J connectivity index is 2.19. The van der Waals surface area contributed by atoms with Gasteiger partial charge in [0.2, 0.25) is 5.13 Å². The number of nitrogens with two attached hydrogens (primary N) is 1. The minimum absolute atomic E-state index is 0.470. The van der Waals surface area contributed by atoms with Crippen LogP contribution in [-0.2, 0) is 0 Å². The molecule has 0 aliphatic rings. The molecule has 0 spiro atoms. The molecule has 0 radical (unpaired) electrons. The fourth-order valence-electron chi connectivity index (χ4n) is 1.13. The molecule has 0 saturated carbocycles. The first kappa shape index (κ1) is 12.1. The third-order valence-electron chi connectivity index (χ3n) is 1.80. The number of anilines is 2. The van der Waals surface area contributed by atoms with Gasteiger partial charge < -0.3 is 10.6 Å². The van der Waals surface area contributed by atoms with E-state index in [1.165, 1.54) is 23.1 Å². The molecule has 0 unspecified atom stereocenters. The summed E-state index contributed by atoms with van der Waals surface area (Å²) >= 11 is 2.95. The normalized spacial score (nSPS) is 10.5. The van der Waals surface area contributed by atoms with Gasteiger partial charge in [-0.1, -0.05) is 11.3 Å². The van der Waals surface area contributed by atoms with Gasteiger partial charge in [0.05, 0.1) is 0 Å². The summed E-state index contributed by atoms with van der Waals surface area (Å²) in [5.41, 5.74) is 5.66. The Morgan fingerprint density at radius 2 is 2.06 bits per heavy atom. The van der Waals surface area contributed by atoms with Crippen LogP contribution in [0.25, 0.3) is 0 Å². The van der Waals surface area contributed by atoms with Crippen LogP contribution in [0.5, 0.6) is 0 Å². The van der Waals surface area contributed by atoms with Crippen molar-refractivity contribution in [1.82, 2.24) is 20.2 Å². The van der Waals surface area contributed by atoms with E-state index in [9.17, 15) is 0 Å². The number of aromatic nitrogens is 4. The van der Waals surface area contributed by atoms with Crippen molar-refractivity contribution in [2.75, 3.05) is 24.7 Å². The van der Waals surface area contributed by atoms with Gasteiger partial charge in [0.25, 0.3) is 0 Å². The van der Waals surface area contributed by atoms with Crippen LogP contribution >= 0.6 is 23.1 Å². The lowest BCUT2D eigenvalue weighted by atomic mass is 10.5. The molecule has 0 amide bonds. The van der Waals surface area contributed by atoms with E-state index in [1.54, 1.807) is 6.07 Å². The van der Waals surface area contributed by atoms with Crippen molar-refractivity contribution in [2.24, 2.45) is 0 Å². The van der Waals surface area contributed by atoms with Gasteiger partial charge in [-0.25, -0.2) is 9.97 Å². The predicted molar refractivity (Wildman–Crippen MR) is 69.5 cm³/mol. The summed E-state index contributed by atoms with van der Waals surface area (Å²) in [6, 6.07) is 1.73. The molecule has 0 saturated heterocycles. The second-order valence-electron chi connectivity index (χ2n) is 3.53.